The average molecular weight is 309 g/mol. The molecule has 0 saturated heterocycles. The van der Waals surface area contributed by atoms with E-state index in [0.717, 1.165) is 12.8 Å². The summed E-state index contributed by atoms with van der Waals surface area (Å²) < 4.78 is 8.50. The van der Waals surface area contributed by atoms with Crippen LogP contribution in [-0.2, 0) is 16.0 Å². The van der Waals surface area contributed by atoms with Crippen molar-refractivity contribution in [1.82, 2.24) is 4.72 Å². The van der Waals surface area contributed by atoms with Crippen molar-refractivity contribution in [2.45, 2.75) is 51.3 Å². The first kappa shape index (κ1) is 18.1. The minimum atomic E-state index is -0.143. The van der Waals surface area contributed by atoms with Crippen LogP contribution >= 0.6 is 11.9 Å². The average Bonchev–Trinajstić information content (AvgIpc) is 2.44. The van der Waals surface area contributed by atoms with E-state index in [1.54, 1.807) is 11.9 Å². The second-order valence-corrected chi connectivity index (χ2v) is 8.04. The van der Waals surface area contributed by atoms with Crippen molar-refractivity contribution in [2.75, 3.05) is 7.11 Å². The highest BCUT2D eigenvalue weighted by atomic mass is 32.2. The van der Waals surface area contributed by atoms with Gasteiger partial charge in [0.1, 0.15) is 0 Å². The molecule has 0 bridgehead atoms. The lowest BCUT2D eigenvalue weighted by atomic mass is 9.97. The Morgan fingerprint density at radius 3 is 2.43 bits per heavy atom. The zero-order chi connectivity index (χ0) is 15.9. The van der Waals surface area contributed by atoms with Gasteiger partial charge in [-0.25, -0.2) is 0 Å². The van der Waals surface area contributed by atoms with E-state index in [-0.39, 0.29) is 22.7 Å². The summed E-state index contributed by atoms with van der Waals surface area (Å²) >= 11 is 1.72. The summed E-state index contributed by atoms with van der Waals surface area (Å²) in [7, 11) is 1.45. The van der Waals surface area contributed by atoms with Gasteiger partial charge in [-0.15, -0.1) is 0 Å². The number of ether oxygens (including phenoxy) is 1. The molecule has 1 aromatic rings. The van der Waals surface area contributed by atoms with Gasteiger partial charge in [0.2, 0.25) is 0 Å². The molecule has 1 aromatic carbocycles. The molecule has 2 unspecified atom stereocenters. The van der Waals surface area contributed by atoms with Crippen LogP contribution in [0.1, 0.15) is 39.7 Å². The van der Waals surface area contributed by atoms with Crippen molar-refractivity contribution in [3.8, 4) is 0 Å². The maximum absolute atomic E-state index is 11.6. The Bertz CT molecular complexity index is 428. The predicted molar refractivity (Wildman–Crippen MR) is 90.2 cm³/mol. The van der Waals surface area contributed by atoms with Gasteiger partial charge in [-0.05, 0) is 39.2 Å². The number of esters is 1. The van der Waals surface area contributed by atoms with Crippen molar-refractivity contribution in [2.24, 2.45) is 5.92 Å². The highest BCUT2D eigenvalue weighted by molar-refractivity contribution is 7.98. The van der Waals surface area contributed by atoms with E-state index in [0.29, 0.717) is 0 Å². The van der Waals surface area contributed by atoms with Crippen molar-refractivity contribution >= 4 is 17.9 Å². The second kappa shape index (κ2) is 8.44. The van der Waals surface area contributed by atoms with Crippen molar-refractivity contribution in [3.63, 3.8) is 0 Å². The number of hydrogen-bond donors (Lipinski definition) is 1. The Balaban J connectivity index is 2.67. The SMILES string of the molecule is COC(=O)C(C)CC(Cc1ccccc1)NSC(C)(C)C. The molecular weight excluding hydrogens is 282 g/mol. The van der Waals surface area contributed by atoms with Crippen LogP contribution in [0.5, 0.6) is 0 Å². The van der Waals surface area contributed by atoms with E-state index in [4.69, 9.17) is 4.74 Å². The van der Waals surface area contributed by atoms with E-state index in [9.17, 15) is 4.79 Å². The monoisotopic (exact) mass is 309 g/mol. The van der Waals surface area contributed by atoms with Gasteiger partial charge in [0.25, 0.3) is 0 Å². The lowest BCUT2D eigenvalue weighted by Crippen LogP contribution is -2.33. The van der Waals surface area contributed by atoms with Crippen LogP contribution in [0.4, 0.5) is 0 Å². The number of rotatable bonds is 7. The number of methoxy groups -OCH3 is 1. The number of nitrogens with one attached hydrogen (secondary N) is 1. The summed E-state index contributed by atoms with van der Waals surface area (Å²) in [6.07, 6.45) is 1.68. The van der Waals surface area contributed by atoms with Crippen LogP contribution in [0.25, 0.3) is 0 Å². The van der Waals surface area contributed by atoms with Gasteiger partial charge >= 0.3 is 5.97 Å². The minimum Gasteiger partial charge on any atom is -0.469 e. The lowest BCUT2D eigenvalue weighted by Gasteiger charge is -2.25. The molecule has 1 N–H and O–H groups in total. The third kappa shape index (κ3) is 7.53. The number of benzene rings is 1. The first-order valence-electron chi connectivity index (χ1n) is 7.37. The molecule has 118 valence electrons. The van der Waals surface area contributed by atoms with E-state index in [1.165, 1.54) is 12.7 Å². The van der Waals surface area contributed by atoms with Gasteiger partial charge < -0.3 is 4.74 Å². The summed E-state index contributed by atoms with van der Waals surface area (Å²) in [4.78, 5) is 11.6. The number of carbonyl (C=O) groups is 1. The maximum atomic E-state index is 11.6. The lowest BCUT2D eigenvalue weighted by molar-refractivity contribution is -0.145. The van der Waals surface area contributed by atoms with Gasteiger partial charge in [0, 0.05) is 10.8 Å². The highest BCUT2D eigenvalue weighted by Crippen LogP contribution is 2.23. The zero-order valence-corrected chi connectivity index (χ0v) is 14.5. The Labute approximate surface area is 133 Å². The first-order chi connectivity index (χ1) is 9.81. The van der Waals surface area contributed by atoms with Crippen LogP contribution < -0.4 is 4.72 Å². The van der Waals surface area contributed by atoms with Crippen LogP contribution in [0.2, 0.25) is 0 Å². The highest BCUT2D eigenvalue weighted by Gasteiger charge is 2.22. The quantitative estimate of drug-likeness (QED) is 0.613. The van der Waals surface area contributed by atoms with E-state index in [2.05, 4.69) is 37.6 Å². The Morgan fingerprint density at radius 2 is 1.90 bits per heavy atom. The number of carbonyl (C=O) groups excluding carboxylic acids is 1. The smallest absolute Gasteiger partial charge is 0.308 e. The normalized spacial score (nSPS) is 14.5. The molecule has 0 aromatic heterocycles. The fraction of sp³-hybridized carbons (Fsp3) is 0.588. The molecule has 4 heteroatoms. The summed E-state index contributed by atoms with van der Waals surface area (Å²) in [5.74, 6) is -0.243. The molecule has 0 aliphatic carbocycles. The zero-order valence-electron chi connectivity index (χ0n) is 13.7. The Kier molecular flexibility index (Phi) is 7.26. The van der Waals surface area contributed by atoms with Gasteiger partial charge in [0.05, 0.1) is 13.0 Å². The fourth-order valence-electron chi connectivity index (χ4n) is 2.06. The summed E-state index contributed by atoms with van der Waals surface area (Å²) in [5.41, 5.74) is 1.28. The molecule has 1 rings (SSSR count). The molecule has 0 heterocycles. The van der Waals surface area contributed by atoms with Crippen LogP contribution in [0.3, 0.4) is 0 Å². The van der Waals surface area contributed by atoms with E-state index in [1.807, 2.05) is 25.1 Å². The van der Waals surface area contributed by atoms with Crippen molar-refractivity contribution < 1.29 is 9.53 Å². The molecule has 0 aliphatic rings. The van der Waals surface area contributed by atoms with Crippen LogP contribution in [-0.4, -0.2) is 23.9 Å². The van der Waals surface area contributed by atoms with Gasteiger partial charge in [-0.2, -0.15) is 0 Å². The maximum Gasteiger partial charge on any atom is 0.308 e. The van der Waals surface area contributed by atoms with Crippen LogP contribution in [0, 0.1) is 5.92 Å². The molecule has 0 saturated carbocycles. The molecular formula is C17H27NO2S. The molecule has 0 amide bonds. The standard InChI is InChI=1S/C17H27NO2S/c1-13(16(19)20-5)11-15(18-21-17(2,3)4)12-14-9-7-6-8-10-14/h6-10,13,15,18H,11-12H2,1-5H3. The van der Waals surface area contributed by atoms with Gasteiger partial charge in [0.15, 0.2) is 0 Å². The minimum absolute atomic E-state index is 0.100. The topological polar surface area (TPSA) is 38.3 Å². The summed E-state index contributed by atoms with van der Waals surface area (Å²) in [5, 5.41) is 0. The predicted octanol–water partition coefficient (Wildman–Crippen LogP) is 3.83. The third-order valence-corrected chi connectivity index (χ3v) is 4.16. The van der Waals surface area contributed by atoms with Crippen molar-refractivity contribution in [1.29, 1.82) is 0 Å². The summed E-state index contributed by atoms with van der Waals surface area (Å²) in [6, 6.07) is 10.6. The molecule has 0 radical (unpaired) electrons. The molecule has 0 spiro atoms. The van der Waals surface area contributed by atoms with Gasteiger partial charge in [-0.1, -0.05) is 49.2 Å². The van der Waals surface area contributed by atoms with Gasteiger partial charge in [-0.3, -0.25) is 9.52 Å². The molecule has 2 atom stereocenters. The number of hydrogen-bond acceptors (Lipinski definition) is 4. The third-order valence-electron chi connectivity index (χ3n) is 3.10. The second-order valence-electron chi connectivity index (χ2n) is 6.38. The molecule has 21 heavy (non-hydrogen) atoms. The molecule has 0 aliphatic heterocycles. The summed E-state index contributed by atoms with van der Waals surface area (Å²) in [6.45, 7) is 8.45. The fourth-order valence-corrected chi connectivity index (χ4v) is 2.76. The molecule has 0 fully saturated rings. The van der Waals surface area contributed by atoms with E-state index < -0.39 is 0 Å². The van der Waals surface area contributed by atoms with E-state index >= 15 is 0 Å². The first-order valence-corrected chi connectivity index (χ1v) is 8.18. The largest absolute Gasteiger partial charge is 0.469 e. The van der Waals surface area contributed by atoms with Crippen molar-refractivity contribution in [3.05, 3.63) is 35.9 Å². The van der Waals surface area contributed by atoms with Crippen LogP contribution in [0.15, 0.2) is 30.3 Å². The Hall–Kier alpha value is -1.00. The Morgan fingerprint density at radius 1 is 1.29 bits per heavy atom. The molecule has 3 nitrogen and oxygen atoms in total.